The van der Waals surface area contributed by atoms with Crippen molar-refractivity contribution in [3.8, 4) is 0 Å². The normalized spacial score (nSPS) is 15.6. The monoisotopic (exact) mass is 337 g/mol. The standard InChI is InChI=1S/C17H27N3O2S/c1-18-9-2-5-16(21)20-11-7-14(8-12-20)17(22)19-10-6-15-4-3-13-23-15/h3-4,13-14,18H,2,5-12H2,1H3,(H,19,22). The first-order chi connectivity index (χ1) is 11.2. The van der Waals surface area contributed by atoms with Crippen molar-refractivity contribution in [2.45, 2.75) is 32.1 Å². The summed E-state index contributed by atoms with van der Waals surface area (Å²) in [6.07, 6.45) is 3.92. The van der Waals surface area contributed by atoms with Crippen LogP contribution in [0.25, 0.3) is 0 Å². The zero-order valence-corrected chi connectivity index (χ0v) is 14.7. The Kier molecular flexibility index (Phi) is 7.55. The minimum atomic E-state index is 0.0553. The van der Waals surface area contributed by atoms with E-state index in [2.05, 4.69) is 22.1 Å². The van der Waals surface area contributed by atoms with E-state index in [4.69, 9.17) is 0 Å². The second-order valence-corrected chi connectivity index (χ2v) is 7.01. The number of hydrogen-bond acceptors (Lipinski definition) is 4. The first-order valence-electron chi connectivity index (χ1n) is 8.43. The average molecular weight is 337 g/mol. The summed E-state index contributed by atoms with van der Waals surface area (Å²) in [5.74, 6) is 0.417. The molecule has 0 aliphatic carbocycles. The molecule has 128 valence electrons. The molecule has 1 aliphatic heterocycles. The van der Waals surface area contributed by atoms with E-state index in [1.807, 2.05) is 18.0 Å². The van der Waals surface area contributed by atoms with E-state index in [0.717, 1.165) is 32.2 Å². The van der Waals surface area contributed by atoms with Crippen molar-refractivity contribution < 1.29 is 9.59 Å². The molecular formula is C17H27N3O2S. The van der Waals surface area contributed by atoms with Crippen molar-refractivity contribution in [2.24, 2.45) is 5.92 Å². The van der Waals surface area contributed by atoms with Crippen LogP contribution in [-0.2, 0) is 16.0 Å². The first kappa shape index (κ1) is 17.9. The van der Waals surface area contributed by atoms with E-state index in [-0.39, 0.29) is 17.7 Å². The van der Waals surface area contributed by atoms with Crippen molar-refractivity contribution in [1.29, 1.82) is 0 Å². The summed E-state index contributed by atoms with van der Waals surface area (Å²) in [5.41, 5.74) is 0. The second kappa shape index (κ2) is 9.67. The molecule has 0 bridgehead atoms. The third-order valence-corrected chi connectivity index (χ3v) is 5.22. The number of nitrogens with one attached hydrogen (secondary N) is 2. The summed E-state index contributed by atoms with van der Waals surface area (Å²) >= 11 is 1.72. The molecule has 1 saturated heterocycles. The lowest BCUT2D eigenvalue weighted by Crippen LogP contribution is -2.43. The zero-order valence-electron chi connectivity index (χ0n) is 13.8. The number of likely N-dealkylation sites (tertiary alicyclic amines) is 1. The Morgan fingerprint density at radius 2 is 2.09 bits per heavy atom. The predicted molar refractivity (Wildman–Crippen MR) is 93.5 cm³/mol. The van der Waals surface area contributed by atoms with E-state index in [0.29, 0.717) is 26.1 Å². The van der Waals surface area contributed by atoms with Crippen LogP contribution in [0.5, 0.6) is 0 Å². The number of carbonyl (C=O) groups excluding carboxylic acids is 2. The molecular weight excluding hydrogens is 310 g/mol. The number of amides is 2. The molecule has 0 saturated carbocycles. The number of thiophene rings is 1. The van der Waals surface area contributed by atoms with Gasteiger partial charge in [-0.2, -0.15) is 0 Å². The Bertz CT molecular complexity index is 482. The van der Waals surface area contributed by atoms with E-state index in [1.54, 1.807) is 11.3 Å². The molecule has 0 radical (unpaired) electrons. The first-order valence-corrected chi connectivity index (χ1v) is 9.31. The highest BCUT2D eigenvalue weighted by Crippen LogP contribution is 2.18. The fourth-order valence-corrected chi connectivity index (χ4v) is 3.58. The number of piperidine rings is 1. The van der Waals surface area contributed by atoms with Crippen molar-refractivity contribution in [2.75, 3.05) is 33.2 Å². The molecule has 2 heterocycles. The van der Waals surface area contributed by atoms with E-state index in [9.17, 15) is 9.59 Å². The van der Waals surface area contributed by atoms with Crippen LogP contribution in [0.4, 0.5) is 0 Å². The maximum atomic E-state index is 12.2. The van der Waals surface area contributed by atoms with Gasteiger partial charge in [0.05, 0.1) is 0 Å². The molecule has 1 fully saturated rings. The van der Waals surface area contributed by atoms with Gasteiger partial charge in [-0.05, 0) is 50.7 Å². The Balaban J connectivity index is 1.63. The quantitative estimate of drug-likeness (QED) is 0.709. The molecule has 0 spiro atoms. The van der Waals surface area contributed by atoms with Crippen LogP contribution in [-0.4, -0.2) is 49.9 Å². The second-order valence-electron chi connectivity index (χ2n) is 5.98. The third kappa shape index (κ3) is 5.95. The Hall–Kier alpha value is -1.40. The highest BCUT2D eigenvalue weighted by atomic mass is 32.1. The highest BCUT2D eigenvalue weighted by molar-refractivity contribution is 7.09. The van der Waals surface area contributed by atoms with Crippen LogP contribution in [0.1, 0.15) is 30.6 Å². The largest absolute Gasteiger partial charge is 0.355 e. The van der Waals surface area contributed by atoms with Gasteiger partial charge in [0.2, 0.25) is 11.8 Å². The fraction of sp³-hybridized carbons (Fsp3) is 0.647. The Labute approximate surface area is 142 Å². The van der Waals surface area contributed by atoms with Gasteiger partial charge < -0.3 is 15.5 Å². The molecule has 0 aromatic carbocycles. The fourth-order valence-electron chi connectivity index (χ4n) is 2.87. The summed E-state index contributed by atoms with van der Waals surface area (Å²) in [7, 11) is 1.90. The van der Waals surface area contributed by atoms with Gasteiger partial charge in [-0.15, -0.1) is 11.3 Å². The molecule has 1 aromatic heterocycles. The molecule has 5 nitrogen and oxygen atoms in total. The van der Waals surface area contributed by atoms with E-state index >= 15 is 0 Å². The summed E-state index contributed by atoms with van der Waals surface area (Å²) in [5, 5.41) is 8.14. The SMILES string of the molecule is CNCCCC(=O)N1CCC(C(=O)NCCc2cccs2)CC1. The third-order valence-electron chi connectivity index (χ3n) is 4.29. The van der Waals surface area contributed by atoms with Gasteiger partial charge in [-0.25, -0.2) is 0 Å². The van der Waals surface area contributed by atoms with Gasteiger partial charge in [0.1, 0.15) is 0 Å². The number of rotatable bonds is 8. The van der Waals surface area contributed by atoms with Crippen molar-refractivity contribution >= 4 is 23.2 Å². The minimum Gasteiger partial charge on any atom is -0.355 e. The molecule has 23 heavy (non-hydrogen) atoms. The van der Waals surface area contributed by atoms with Gasteiger partial charge in [0.15, 0.2) is 0 Å². The summed E-state index contributed by atoms with van der Waals surface area (Å²) < 4.78 is 0. The minimum absolute atomic E-state index is 0.0553. The topological polar surface area (TPSA) is 61.4 Å². The molecule has 1 aliphatic rings. The molecule has 6 heteroatoms. The lowest BCUT2D eigenvalue weighted by atomic mass is 9.95. The molecule has 2 N–H and O–H groups in total. The zero-order chi connectivity index (χ0) is 16.5. The Morgan fingerprint density at radius 1 is 1.30 bits per heavy atom. The molecule has 2 amide bonds. The van der Waals surface area contributed by atoms with E-state index in [1.165, 1.54) is 4.88 Å². The van der Waals surface area contributed by atoms with E-state index < -0.39 is 0 Å². The smallest absolute Gasteiger partial charge is 0.223 e. The lowest BCUT2D eigenvalue weighted by molar-refractivity contribution is -0.135. The molecule has 1 aromatic rings. The number of hydrogen-bond donors (Lipinski definition) is 2. The van der Waals surface area contributed by atoms with Gasteiger partial charge in [0.25, 0.3) is 0 Å². The molecule has 0 atom stereocenters. The molecule has 2 rings (SSSR count). The predicted octanol–water partition coefficient (Wildman–Crippen LogP) is 1.65. The molecule has 0 unspecified atom stereocenters. The summed E-state index contributed by atoms with van der Waals surface area (Å²) in [4.78, 5) is 27.5. The maximum Gasteiger partial charge on any atom is 0.223 e. The number of carbonyl (C=O) groups is 2. The van der Waals surface area contributed by atoms with Gasteiger partial charge in [0, 0.05) is 36.9 Å². The van der Waals surface area contributed by atoms with Crippen LogP contribution < -0.4 is 10.6 Å². The lowest BCUT2D eigenvalue weighted by Gasteiger charge is -2.31. The van der Waals surface area contributed by atoms with Crippen LogP contribution in [0.3, 0.4) is 0 Å². The Morgan fingerprint density at radius 3 is 2.74 bits per heavy atom. The highest BCUT2D eigenvalue weighted by Gasteiger charge is 2.26. The summed E-state index contributed by atoms with van der Waals surface area (Å²) in [6.45, 7) is 2.99. The van der Waals surface area contributed by atoms with Crippen molar-refractivity contribution in [3.05, 3.63) is 22.4 Å². The number of nitrogens with zero attached hydrogens (tertiary/aromatic N) is 1. The summed E-state index contributed by atoms with van der Waals surface area (Å²) in [6, 6.07) is 4.13. The van der Waals surface area contributed by atoms with Crippen LogP contribution in [0.15, 0.2) is 17.5 Å². The van der Waals surface area contributed by atoms with Crippen LogP contribution in [0.2, 0.25) is 0 Å². The van der Waals surface area contributed by atoms with Gasteiger partial charge in [-0.3, -0.25) is 9.59 Å². The van der Waals surface area contributed by atoms with Crippen molar-refractivity contribution in [1.82, 2.24) is 15.5 Å². The van der Waals surface area contributed by atoms with Crippen LogP contribution >= 0.6 is 11.3 Å². The maximum absolute atomic E-state index is 12.2. The van der Waals surface area contributed by atoms with Crippen LogP contribution in [0, 0.1) is 5.92 Å². The van der Waals surface area contributed by atoms with Gasteiger partial charge in [-0.1, -0.05) is 6.07 Å². The average Bonchev–Trinajstić information content (AvgIpc) is 3.08. The van der Waals surface area contributed by atoms with Crippen molar-refractivity contribution in [3.63, 3.8) is 0 Å². The van der Waals surface area contributed by atoms with Gasteiger partial charge >= 0.3 is 0 Å².